The SMILES string of the molecule is Cc1cc(C(O)c2ncc(C)s2)sn1. The lowest BCUT2D eigenvalue weighted by molar-refractivity contribution is 0.223. The van der Waals surface area contributed by atoms with E-state index in [0.717, 1.165) is 20.5 Å². The van der Waals surface area contributed by atoms with E-state index in [1.807, 2.05) is 19.9 Å². The fraction of sp³-hybridized carbons (Fsp3) is 0.333. The Morgan fingerprint density at radius 3 is 2.71 bits per heavy atom. The normalized spacial score (nSPS) is 13.1. The summed E-state index contributed by atoms with van der Waals surface area (Å²) < 4.78 is 4.13. The molecule has 1 unspecified atom stereocenters. The highest BCUT2D eigenvalue weighted by molar-refractivity contribution is 7.12. The highest BCUT2D eigenvalue weighted by Crippen LogP contribution is 2.28. The number of aromatic nitrogens is 2. The van der Waals surface area contributed by atoms with Gasteiger partial charge in [-0.3, -0.25) is 0 Å². The van der Waals surface area contributed by atoms with Gasteiger partial charge in [0.15, 0.2) is 0 Å². The zero-order valence-electron chi connectivity index (χ0n) is 7.89. The minimum Gasteiger partial charge on any atom is -0.380 e. The zero-order chi connectivity index (χ0) is 10.1. The van der Waals surface area contributed by atoms with Gasteiger partial charge in [0, 0.05) is 11.1 Å². The van der Waals surface area contributed by atoms with Crippen LogP contribution in [0.4, 0.5) is 0 Å². The maximum Gasteiger partial charge on any atom is 0.141 e. The van der Waals surface area contributed by atoms with E-state index in [4.69, 9.17) is 0 Å². The summed E-state index contributed by atoms with van der Waals surface area (Å²) in [4.78, 5) is 6.12. The van der Waals surface area contributed by atoms with Crippen molar-refractivity contribution in [2.75, 3.05) is 0 Å². The fourth-order valence-electron chi connectivity index (χ4n) is 1.13. The van der Waals surface area contributed by atoms with Gasteiger partial charge in [0.25, 0.3) is 0 Å². The van der Waals surface area contributed by atoms with E-state index >= 15 is 0 Å². The fourth-order valence-corrected chi connectivity index (χ4v) is 2.72. The molecule has 2 aromatic heterocycles. The molecule has 14 heavy (non-hydrogen) atoms. The van der Waals surface area contributed by atoms with Crippen LogP contribution in [-0.4, -0.2) is 14.5 Å². The van der Waals surface area contributed by atoms with E-state index in [1.165, 1.54) is 22.9 Å². The van der Waals surface area contributed by atoms with E-state index in [1.54, 1.807) is 6.20 Å². The Morgan fingerprint density at radius 1 is 1.43 bits per heavy atom. The summed E-state index contributed by atoms with van der Waals surface area (Å²) in [7, 11) is 0. The number of hydrogen-bond acceptors (Lipinski definition) is 5. The molecule has 2 heterocycles. The van der Waals surface area contributed by atoms with Crippen LogP contribution in [0.1, 0.15) is 26.6 Å². The average Bonchev–Trinajstić information content (AvgIpc) is 2.73. The first-order chi connectivity index (χ1) is 6.66. The summed E-state index contributed by atoms with van der Waals surface area (Å²) >= 11 is 2.85. The van der Waals surface area contributed by atoms with Crippen LogP contribution in [0.15, 0.2) is 12.3 Å². The van der Waals surface area contributed by atoms with Gasteiger partial charge >= 0.3 is 0 Å². The lowest BCUT2D eigenvalue weighted by Crippen LogP contribution is -1.95. The van der Waals surface area contributed by atoms with Crippen molar-refractivity contribution in [3.05, 3.63) is 32.7 Å². The van der Waals surface area contributed by atoms with Crippen LogP contribution >= 0.6 is 22.9 Å². The van der Waals surface area contributed by atoms with Crippen molar-refractivity contribution in [2.45, 2.75) is 20.0 Å². The molecule has 1 N–H and O–H groups in total. The standard InChI is InChI=1S/C9H10N2OS2/c1-5-3-7(14-11-5)8(12)9-10-4-6(2)13-9/h3-4,8,12H,1-2H3. The predicted molar refractivity (Wildman–Crippen MR) is 57.8 cm³/mol. The number of aliphatic hydroxyl groups excluding tert-OH is 1. The third kappa shape index (κ3) is 1.84. The van der Waals surface area contributed by atoms with Crippen molar-refractivity contribution in [1.29, 1.82) is 0 Å². The van der Waals surface area contributed by atoms with E-state index in [0.29, 0.717) is 0 Å². The van der Waals surface area contributed by atoms with Crippen molar-refractivity contribution < 1.29 is 5.11 Å². The average molecular weight is 226 g/mol. The minimum absolute atomic E-state index is 0.611. The van der Waals surface area contributed by atoms with Gasteiger partial charge in [-0.25, -0.2) is 4.98 Å². The third-order valence-corrected chi connectivity index (χ3v) is 3.69. The first kappa shape index (κ1) is 9.76. The van der Waals surface area contributed by atoms with Gasteiger partial charge in [-0.15, -0.1) is 11.3 Å². The second-order valence-corrected chi connectivity index (χ2v) is 5.19. The molecule has 2 rings (SSSR count). The summed E-state index contributed by atoms with van der Waals surface area (Å²) in [6.45, 7) is 3.89. The Balaban J connectivity index is 2.28. The van der Waals surface area contributed by atoms with Crippen molar-refractivity contribution in [2.24, 2.45) is 0 Å². The first-order valence-corrected chi connectivity index (χ1v) is 5.79. The Morgan fingerprint density at radius 2 is 2.21 bits per heavy atom. The summed E-state index contributed by atoms with van der Waals surface area (Å²) in [6, 6.07) is 1.89. The maximum absolute atomic E-state index is 9.94. The molecule has 2 aromatic rings. The number of hydrogen-bond donors (Lipinski definition) is 1. The number of rotatable bonds is 2. The molecular weight excluding hydrogens is 216 g/mol. The monoisotopic (exact) mass is 226 g/mol. The first-order valence-electron chi connectivity index (χ1n) is 4.20. The minimum atomic E-state index is -0.611. The topological polar surface area (TPSA) is 46.0 Å². The lowest BCUT2D eigenvalue weighted by atomic mass is 10.3. The Labute approximate surface area is 90.2 Å². The van der Waals surface area contributed by atoms with Gasteiger partial charge < -0.3 is 5.11 Å². The molecule has 0 spiro atoms. The quantitative estimate of drug-likeness (QED) is 0.854. The number of thiazole rings is 1. The number of aliphatic hydroxyl groups is 1. The molecule has 0 fully saturated rings. The van der Waals surface area contributed by atoms with Gasteiger partial charge in [0.05, 0.1) is 10.6 Å². The Kier molecular flexibility index (Phi) is 2.62. The zero-order valence-corrected chi connectivity index (χ0v) is 9.52. The second kappa shape index (κ2) is 3.76. The molecule has 0 aliphatic rings. The van der Waals surface area contributed by atoms with Crippen molar-refractivity contribution >= 4 is 22.9 Å². The molecule has 0 aromatic carbocycles. The van der Waals surface area contributed by atoms with E-state index < -0.39 is 6.10 Å². The van der Waals surface area contributed by atoms with Crippen molar-refractivity contribution in [3.8, 4) is 0 Å². The molecular formula is C9H10N2OS2. The molecule has 0 radical (unpaired) electrons. The van der Waals surface area contributed by atoms with Gasteiger partial charge in [0.2, 0.25) is 0 Å². The molecule has 5 heteroatoms. The largest absolute Gasteiger partial charge is 0.380 e. The van der Waals surface area contributed by atoms with Crippen LogP contribution in [0.2, 0.25) is 0 Å². The van der Waals surface area contributed by atoms with Crippen LogP contribution in [0, 0.1) is 13.8 Å². The Bertz CT molecular complexity index is 395. The van der Waals surface area contributed by atoms with Crippen LogP contribution in [0.3, 0.4) is 0 Å². The van der Waals surface area contributed by atoms with Gasteiger partial charge in [-0.05, 0) is 31.4 Å². The summed E-state index contributed by atoms with van der Waals surface area (Å²) in [5.74, 6) is 0. The summed E-state index contributed by atoms with van der Waals surface area (Å²) in [5.41, 5.74) is 0.942. The van der Waals surface area contributed by atoms with Crippen molar-refractivity contribution in [1.82, 2.24) is 9.36 Å². The predicted octanol–water partition coefficient (Wildman–Crippen LogP) is 2.30. The van der Waals surface area contributed by atoms with E-state index in [9.17, 15) is 5.11 Å². The second-order valence-electron chi connectivity index (χ2n) is 3.08. The molecule has 0 aliphatic heterocycles. The molecule has 1 atom stereocenters. The molecule has 0 saturated carbocycles. The molecule has 0 aliphatic carbocycles. The Hall–Kier alpha value is -0.780. The summed E-state index contributed by atoms with van der Waals surface area (Å²) in [5, 5.41) is 10.7. The third-order valence-electron chi connectivity index (χ3n) is 1.79. The van der Waals surface area contributed by atoms with Gasteiger partial charge in [-0.1, -0.05) is 0 Å². The van der Waals surface area contributed by atoms with E-state index in [-0.39, 0.29) is 0 Å². The molecule has 74 valence electrons. The number of nitrogens with zero attached hydrogens (tertiary/aromatic N) is 2. The lowest BCUT2D eigenvalue weighted by Gasteiger charge is -2.01. The number of aryl methyl sites for hydroxylation is 2. The highest BCUT2D eigenvalue weighted by Gasteiger charge is 2.16. The smallest absolute Gasteiger partial charge is 0.141 e. The van der Waals surface area contributed by atoms with Crippen LogP contribution < -0.4 is 0 Å². The molecule has 3 nitrogen and oxygen atoms in total. The summed E-state index contributed by atoms with van der Waals surface area (Å²) in [6.07, 6.45) is 1.16. The van der Waals surface area contributed by atoms with Crippen LogP contribution in [0.25, 0.3) is 0 Å². The van der Waals surface area contributed by atoms with Crippen molar-refractivity contribution in [3.63, 3.8) is 0 Å². The van der Waals surface area contributed by atoms with E-state index in [2.05, 4.69) is 9.36 Å². The van der Waals surface area contributed by atoms with Crippen LogP contribution in [0.5, 0.6) is 0 Å². The molecule has 0 amide bonds. The van der Waals surface area contributed by atoms with Crippen LogP contribution in [-0.2, 0) is 0 Å². The molecule has 0 saturated heterocycles. The molecule has 0 bridgehead atoms. The highest BCUT2D eigenvalue weighted by atomic mass is 32.1. The van der Waals surface area contributed by atoms with Gasteiger partial charge in [0.1, 0.15) is 11.1 Å². The van der Waals surface area contributed by atoms with Gasteiger partial charge in [-0.2, -0.15) is 4.37 Å². The maximum atomic E-state index is 9.94.